The standard InChI is InChI=1S/C62H126O7/c1-9-17-23-29-33-37-41-47-53-66-61(51-45-27-21-13-5,67-54-48-42-38-34-30-24-18-10-2)59(15-7)64-57-63-58-65-60(16-8)62(52-46-28-22-14-6,68-55-49-43-39-35-31-25-19-11-3)69-56-50-44-40-36-32-26-20-12-4/h59-60H,9-58H2,1-8H3. The van der Waals surface area contributed by atoms with E-state index in [0.717, 1.165) is 64.2 Å². The predicted molar refractivity (Wildman–Crippen MR) is 298 cm³/mol. The van der Waals surface area contributed by atoms with E-state index in [0.29, 0.717) is 26.4 Å². The fourth-order valence-corrected chi connectivity index (χ4v) is 9.99. The molecule has 0 saturated carbocycles. The van der Waals surface area contributed by atoms with Gasteiger partial charge in [0.25, 0.3) is 0 Å². The van der Waals surface area contributed by atoms with Gasteiger partial charge < -0.3 is 33.2 Å². The number of hydrogen-bond acceptors (Lipinski definition) is 7. The summed E-state index contributed by atoms with van der Waals surface area (Å²) in [5, 5.41) is 0. The molecule has 0 spiro atoms. The summed E-state index contributed by atoms with van der Waals surface area (Å²) in [5.41, 5.74) is 0. The molecule has 0 aromatic rings. The van der Waals surface area contributed by atoms with Gasteiger partial charge in [-0.15, -0.1) is 0 Å². The van der Waals surface area contributed by atoms with Crippen molar-refractivity contribution in [3.8, 4) is 0 Å². The first kappa shape index (κ1) is 68.7. The van der Waals surface area contributed by atoms with Crippen molar-refractivity contribution in [3.63, 3.8) is 0 Å². The Hall–Kier alpha value is -0.280. The molecule has 0 fully saturated rings. The van der Waals surface area contributed by atoms with E-state index in [1.807, 2.05) is 0 Å². The van der Waals surface area contributed by atoms with Crippen LogP contribution in [0.25, 0.3) is 0 Å². The fraction of sp³-hybridized carbons (Fsp3) is 1.00. The summed E-state index contributed by atoms with van der Waals surface area (Å²) in [6.07, 6.45) is 53.2. The Morgan fingerprint density at radius 2 is 0.449 bits per heavy atom. The lowest BCUT2D eigenvalue weighted by atomic mass is 9.98. The van der Waals surface area contributed by atoms with Crippen molar-refractivity contribution in [3.05, 3.63) is 0 Å². The number of ether oxygens (including phenoxy) is 7. The van der Waals surface area contributed by atoms with Gasteiger partial charge in [0.15, 0.2) is 11.6 Å². The van der Waals surface area contributed by atoms with E-state index in [4.69, 9.17) is 33.2 Å². The van der Waals surface area contributed by atoms with Gasteiger partial charge in [0, 0.05) is 12.8 Å². The summed E-state index contributed by atoms with van der Waals surface area (Å²) < 4.78 is 47.7. The van der Waals surface area contributed by atoms with Crippen LogP contribution in [0.1, 0.15) is 338 Å². The van der Waals surface area contributed by atoms with Crippen LogP contribution in [0.3, 0.4) is 0 Å². The molecule has 0 bridgehead atoms. The van der Waals surface area contributed by atoms with Crippen molar-refractivity contribution in [2.24, 2.45) is 0 Å². The molecular formula is C62H126O7. The van der Waals surface area contributed by atoms with Crippen LogP contribution in [-0.2, 0) is 33.2 Å². The molecule has 0 N–H and O–H groups in total. The van der Waals surface area contributed by atoms with Crippen LogP contribution in [0.5, 0.6) is 0 Å². The van der Waals surface area contributed by atoms with Gasteiger partial charge in [-0.2, -0.15) is 0 Å². The van der Waals surface area contributed by atoms with Gasteiger partial charge in [-0.05, 0) is 51.4 Å². The van der Waals surface area contributed by atoms with Crippen LogP contribution >= 0.6 is 0 Å². The Bertz CT molecular complexity index is 845. The third-order valence-electron chi connectivity index (χ3n) is 14.6. The Morgan fingerprint density at radius 1 is 0.246 bits per heavy atom. The van der Waals surface area contributed by atoms with E-state index >= 15 is 0 Å². The molecule has 416 valence electrons. The molecule has 0 aliphatic heterocycles. The molecule has 0 aromatic heterocycles. The lowest BCUT2D eigenvalue weighted by Gasteiger charge is -2.41. The molecule has 2 unspecified atom stereocenters. The van der Waals surface area contributed by atoms with Crippen molar-refractivity contribution in [1.29, 1.82) is 0 Å². The maximum atomic E-state index is 6.99. The molecule has 0 aliphatic rings. The first-order chi connectivity index (χ1) is 34.0. The first-order valence-electron chi connectivity index (χ1n) is 31.4. The molecule has 0 rings (SSSR count). The third kappa shape index (κ3) is 39.8. The summed E-state index contributed by atoms with van der Waals surface area (Å²) in [5.74, 6) is -1.55. The molecule has 7 heteroatoms. The number of rotatable bonds is 60. The summed E-state index contributed by atoms with van der Waals surface area (Å²) in [6.45, 7) is 21.3. The second-order valence-corrected chi connectivity index (χ2v) is 21.1. The summed E-state index contributed by atoms with van der Waals surface area (Å²) in [7, 11) is 0. The minimum Gasteiger partial charge on any atom is -0.347 e. The smallest absolute Gasteiger partial charge is 0.194 e. The van der Waals surface area contributed by atoms with Crippen LogP contribution in [0, 0.1) is 0 Å². The second kappa shape index (κ2) is 54.0. The SMILES string of the molecule is CCCCCCCCCCOC(CCCCCC)(OCCCCCCCCCC)C(CC)OCOCOC(CC)C(CCCCCC)(OCCCCCCCCCC)OCCCCCCCCCC. The molecular weight excluding hydrogens is 857 g/mol. The van der Waals surface area contributed by atoms with E-state index in [1.54, 1.807) is 0 Å². The van der Waals surface area contributed by atoms with Crippen molar-refractivity contribution in [2.45, 2.75) is 362 Å². The zero-order valence-corrected chi connectivity index (χ0v) is 48.4. The van der Waals surface area contributed by atoms with Gasteiger partial charge >= 0.3 is 0 Å². The van der Waals surface area contributed by atoms with Crippen LogP contribution in [0.2, 0.25) is 0 Å². The average Bonchev–Trinajstić information content (AvgIpc) is 3.36. The van der Waals surface area contributed by atoms with Crippen LogP contribution < -0.4 is 0 Å². The van der Waals surface area contributed by atoms with Gasteiger partial charge in [-0.1, -0.05) is 274 Å². The Labute approximate surface area is 433 Å². The molecule has 0 aliphatic carbocycles. The lowest BCUT2D eigenvalue weighted by Crippen LogP contribution is -2.50. The topological polar surface area (TPSA) is 64.6 Å². The van der Waals surface area contributed by atoms with Gasteiger partial charge in [0.1, 0.15) is 25.8 Å². The Kier molecular flexibility index (Phi) is 53.8. The molecule has 0 aromatic carbocycles. The summed E-state index contributed by atoms with van der Waals surface area (Å²) in [4.78, 5) is 0. The highest BCUT2D eigenvalue weighted by Crippen LogP contribution is 2.33. The zero-order valence-electron chi connectivity index (χ0n) is 48.4. The van der Waals surface area contributed by atoms with Crippen molar-refractivity contribution < 1.29 is 33.2 Å². The van der Waals surface area contributed by atoms with Crippen molar-refractivity contribution >= 4 is 0 Å². The molecule has 0 saturated heterocycles. The average molecular weight is 984 g/mol. The summed E-state index contributed by atoms with van der Waals surface area (Å²) >= 11 is 0. The van der Waals surface area contributed by atoms with Gasteiger partial charge in [-0.25, -0.2) is 0 Å². The molecule has 0 heterocycles. The molecule has 69 heavy (non-hydrogen) atoms. The van der Waals surface area contributed by atoms with E-state index in [1.165, 1.54) is 218 Å². The summed E-state index contributed by atoms with van der Waals surface area (Å²) in [6, 6.07) is 0. The molecule has 7 nitrogen and oxygen atoms in total. The zero-order chi connectivity index (χ0) is 50.5. The van der Waals surface area contributed by atoms with Crippen LogP contribution in [-0.4, -0.2) is 63.8 Å². The fourth-order valence-electron chi connectivity index (χ4n) is 9.99. The highest BCUT2D eigenvalue weighted by atomic mass is 16.8. The van der Waals surface area contributed by atoms with E-state index in [-0.39, 0.29) is 25.8 Å². The highest BCUT2D eigenvalue weighted by Gasteiger charge is 2.42. The number of unbranched alkanes of at least 4 members (excludes halogenated alkanes) is 34. The van der Waals surface area contributed by atoms with Gasteiger partial charge in [0.2, 0.25) is 0 Å². The quantitative estimate of drug-likeness (QED) is 0.0444. The van der Waals surface area contributed by atoms with Crippen LogP contribution in [0.4, 0.5) is 0 Å². The monoisotopic (exact) mass is 983 g/mol. The molecule has 0 radical (unpaired) electrons. The maximum absolute atomic E-state index is 6.99. The van der Waals surface area contributed by atoms with Gasteiger partial charge in [0.05, 0.1) is 26.4 Å². The minimum absolute atomic E-state index is 0.135. The number of hydrogen-bond donors (Lipinski definition) is 0. The maximum Gasteiger partial charge on any atom is 0.194 e. The second-order valence-electron chi connectivity index (χ2n) is 21.1. The first-order valence-corrected chi connectivity index (χ1v) is 31.4. The Balaban J connectivity index is 6.00. The normalized spacial score (nSPS) is 13.2. The largest absolute Gasteiger partial charge is 0.347 e. The lowest BCUT2D eigenvalue weighted by molar-refractivity contribution is -0.324. The highest BCUT2D eigenvalue weighted by molar-refractivity contribution is 4.83. The van der Waals surface area contributed by atoms with Gasteiger partial charge in [-0.3, -0.25) is 0 Å². The van der Waals surface area contributed by atoms with E-state index in [9.17, 15) is 0 Å². The third-order valence-corrected chi connectivity index (χ3v) is 14.6. The van der Waals surface area contributed by atoms with E-state index in [2.05, 4.69) is 55.4 Å². The van der Waals surface area contributed by atoms with Crippen molar-refractivity contribution in [2.75, 3.05) is 40.0 Å². The van der Waals surface area contributed by atoms with Crippen LogP contribution in [0.15, 0.2) is 0 Å². The Morgan fingerprint density at radius 3 is 0.667 bits per heavy atom. The van der Waals surface area contributed by atoms with Crippen molar-refractivity contribution in [1.82, 2.24) is 0 Å². The predicted octanol–water partition coefficient (Wildman–Crippen LogP) is 20.5. The minimum atomic E-state index is -0.777. The van der Waals surface area contributed by atoms with E-state index < -0.39 is 11.6 Å². The molecule has 0 amide bonds. The molecule has 2 atom stereocenters.